The molecule has 21 heavy (non-hydrogen) atoms. The van der Waals surface area contributed by atoms with Crippen LogP contribution in [-0.4, -0.2) is 33.5 Å². The first-order chi connectivity index (χ1) is 9.87. The summed E-state index contributed by atoms with van der Waals surface area (Å²) >= 11 is 1.08. The number of nitrogens with one attached hydrogen (secondary N) is 1. The first-order valence-electron chi connectivity index (χ1n) is 6.83. The van der Waals surface area contributed by atoms with Gasteiger partial charge in [0.2, 0.25) is 0 Å². The van der Waals surface area contributed by atoms with Crippen LogP contribution in [0.25, 0.3) is 0 Å². The number of nitrogens with zero attached hydrogens (tertiary/aromatic N) is 1. The Balaban J connectivity index is 2.11. The maximum Gasteiger partial charge on any atom is 0.345 e. The predicted octanol–water partition coefficient (Wildman–Crippen LogP) is 2.45. The van der Waals surface area contributed by atoms with Crippen molar-refractivity contribution in [3.63, 3.8) is 0 Å². The Morgan fingerprint density at radius 1 is 1.43 bits per heavy atom. The Morgan fingerprint density at radius 3 is 2.71 bits per heavy atom. The van der Waals surface area contributed by atoms with E-state index in [1.165, 1.54) is 6.07 Å². The zero-order valence-electron chi connectivity index (χ0n) is 12.0. The van der Waals surface area contributed by atoms with Crippen LogP contribution >= 0.6 is 11.3 Å². The molecule has 0 aromatic carbocycles. The van der Waals surface area contributed by atoms with Gasteiger partial charge in [0.15, 0.2) is 0 Å². The fraction of sp³-hybridized carbons (Fsp3) is 0.500. The molecular weight excluding hydrogens is 292 g/mol. The highest BCUT2D eigenvalue weighted by atomic mass is 32.1. The molecule has 3 amide bonds. The van der Waals surface area contributed by atoms with Crippen molar-refractivity contribution in [2.45, 2.75) is 45.2 Å². The summed E-state index contributed by atoms with van der Waals surface area (Å²) in [4.78, 5) is 37.3. The molecule has 1 aliphatic heterocycles. The number of carboxylic acids is 1. The summed E-state index contributed by atoms with van der Waals surface area (Å²) in [5.74, 6) is -1.25. The van der Waals surface area contributed by atoms with Crippen LogP contribution in [0, 0.1) is 0 Å². The number of imide groups is 1. The number of carbonyl (C=O) groups is 3. The molecule has 2 N–H and O–H groups in total. The van der Waals surface area contributed by atoms with Gasteiger partial charge in [-0.25, -0.2) is 9.59 Å². The molecule has 7 heteroatoms. The van der Waals surface area contributed by atoms with Gasteiger partial charge in [-0.1, -0.05) is 19.8 Å². The maximum absolute atomic E-state index is 12.4. The normalized spacial score (nSPS) is 21.7. The van der Waals surface area contributed by atoms with Crippen molar-refractivity contribution < 1.29 is 19.5 Å². The Labute approximate surface area is 126 Å². The van der Waals surface area contributed by atoms with Crippen LogP contribution in [0.3, 0.4) is 0 Å². The quantitative estimate of drug-likeness (QED) is 0.790. The highest BCUT2D eigenvalue weighted by molar-refractivity contribution is 7.13. The molecule has 0 aliphatic carbocycles. The highest BCUT2D eigenvalue weighted by Gasteiger charge is 2.47. The minimum atomic E-state index is -1.00. The van der Waals surface area contributed by atoms with Crippen LogP contribution in [0.2, 0.25) is 0 Å². The molecule has 0 spiro atoms. The molecular formula is C14H18N2O4S. The summed E-state index contributed by atoms with van der Waals surface area (Å²) in [6, 6.07) is 2.71. The summed E-state index contributed by atoms with van der Waals surface area (Å²) in [5, 5.41) is 11.6. The van der Waals surface area contributed by atoms with E-state index in [4.69, 9.17) is 5.11 Å². The van der Waals surface area contributed by atoms with Crippen molar-refractivity contribution in [3.8, 4) is 0 Å². The fourth-order valence-electron chi connectivity index (χ4n) is 2.32. The van der Waals surface area contributed by atoms with Crippen LogP contribution in [0.1, 0.15) is 47.7 Å². The standard InChI is InChI=1S/C14H18N2O4S/c1-3-4-7-14(2)12(19)16(13(20)15-14)8-9-5-6-10(21-9)11(17)18/h5-6H,3-4,7-8H2,1-2H3,(H,15,20)(H,17,18). The Morgan fingerprint density at radius 2 is 2.14 bits per heavy atom. The van der Waals surface area contributed by atoms with E-state index < -0.39 is 17.5 Å². The van der Waals surface area contributed by atoms with Gasteiger partial charge in [-0.15, -0.1) is 11.3 Å². The van der Waals surface area contributed by atoms with Crippen LogP contribution in [0.4, 0.5) is 4.79 Å². The topological polar surface area (TPSA) is 86.7 Å². The van der Waals surface area contributed by atoms with E-state index in [1.807, 2.05) is 6.92 Å². The predicted molar refractivity (Wildman–Crippen MR) is 78.3 cm³/mol. The third kappa shape index (κ3) is 3.07. The Hall–Kier alpha value is -1.89. The largest absolute Gasteiger partial charge is 0.477 e. The van der Waals surface area contributed by atoms with Gasteiger partial charge in [0, 0.05) is 4.88 Å². The minimum Gasteiger partial charge on any atom is -0.477 e. The first kappa shape index (κ1) is 15.5. The first-order valence-corrected chi connectivity index (χ1v) is 7.65. The smallest absolute Gasteiger partial charge is 0.345 e. The van der Waals surface area contributed by atoms with E-state index in [0.29, 0.717) is 11.3 Å². The number of rotatable bonds is 6. The second-order valence-electron chi connectivity index (χ2n) is 5.33. The zero-order chi connectivity index (χ0) is 15.6. The molecule has 2 rings (SSSR count). The lowest BCUT2D eigenvalue weighted by Crippen LogP contribution is -2.43. The molecule has 0 bridgehead atoms. The van der Waals surface area contributed by atoms with Gasteiger partial charge in [-0.3, -0.25) is 9.69 Å². The molecule has 1 fully saturated rings. The average molecular weight is 310 g/mol. The number of carbonyl (C=O) groups excluding carboxylic acids is 2. The third-order valence-corrected chi connectivity index (χ3v) is 4.62. The van der Waals surface area contributed by atoms with Crippen molar-refractivity contribution in [1.82, 2.24) is 10.2 Å². The van der Waals surface area contributed by atoms with Gasteiger partial charge >= 0.3 is 12.0 Å². The van der Waals surface area contributed by atoms with Crippen LogP contribution in [0.15, 0.2) is 12.1 Å². The zero-order valence-corrected chi connectivity index (χ0v) is 12.8. The van der Waals surface area contributed by atoms with Crippen LogP contribution in [-0.2, 0) is 11.3 Å². The molecule has 6 nitrogen and oxygen atoms in total. The molecule has 0 radical (unpaired) electrons. The van der Waals surface area contributed by atoms with E-state index in [0.717, 1.165) is 29.1 Å². The van der Waals surface area contributed by atoms with E-state index >= 15 is 0 Å². The van der Waals surface area contributed by atoms with Crippen molar-refractivity contribution in [2.75, 3.05) is 0 Å². The molecule has 1 aromatic heterocycles. The van der Waals surface area contributed by atoms with Crippen molar-refractivity contribution in [1.29, 1.82) is 0 Å². The number of aromatic carboxylic acids is 1. The summed E-state index contributed by atoms with van der Waals surface area (Å²) in [6.07, 6.45) is 2.42. The summed E-state index contributed by atoms with van der Waals surface area (Å²) in [7, 11) is 0. The molecule has 0 saturated carbocycles. The van der Waals surface area contributed by atoms with Gasteiger partial charge in [0.05, 0.1) is 6.54 Å². The summed E-state index contributed by atoms with van der Waals surface area (Å²) in [6.45, 7) is 3.88. The van der Waals surface area contributed by atoms with Crippen molar-refractivity contribution in [2.24, 2.45) is 0 Å². The second-order valence-corrected chi connectivity index (χ2v) is 6.50. The molecule has 1 aliphatic rings. The molecule has 1 aromatic rings. The number of carboxylic acid groups (broad SMARTS) is 1. The third-order valence-electron chi connectivity index (χ3n) is 3.56. The van der Waals surface area contributed by atoms with E-state index in [9.17, 15) is 14.4 Å². The van der Waals surface area contributed by atoms with E-state index in [2.05, 4.69) is 5.32 Å². The minimum absolute atomic E-state index is 0.115. The lowest BCUT2D eigenvalue weighted by Gasteiger charge is -2.21. The van der Waals surface area contributed by atoms with Gasteiger partial charge in [0.1, 0.15) is 10.4 Å². The molecule has 2 heterocycles. The maximum atomic E-state index is 12.4. The average Bonchev–Trinajstić information content (AvgIpc) is 2.97. The van der Waals surface area contributed by atoms with E-state index in [-0.39, 0.29) is 17.3 Å². The van der Waals surface area contributed by atoms with Crippen LogP contribution in [0.5, 0.6) is 0 Å². The van der Waals surface area contributed by atoms with Gasteiger partial charge in [-0.2, -0.15) is 0 Å². The molecule has 1 atom stereocenters. The Kier molecular flexibility index (Phi) is 4.32. The van der Waals surface area contributed by atoms with Crippen molar-refractivity contribution >= 4 is 29.2 Å². The summed E-state index contributed by atoms with van der Waals surface area (Å²) in [5.41, 5.74) is -0.847. The SMILES string of the molecule is CCCCC1(C)NC(=O)N(Cc2ccc(C(=O)O)s2)C1=O. The fourth-order valence-corrected chi connectivity index (χ4v) is 3.16. The lowest BCUT2D eigenvalue weighted by molar-refractivity contribution is -0.131. The number of hydrogen-bond acceptors (Lipinski definition) is 4. The number of unbranched alkanes of at least 4 members (excludes halogenated alkanes) is 1. The number of amides is 3. The number of hydrogen-bond donors (Lipinski definition) is 2. The highest BCUT2D eigenvalue weighted by Crippen LogP contribution is 2.26. The second kappa shape index (κ2) is 5.85. The van der Waals surface area contributed by atoms with Gasteiger partial charge in [-0.05, 0) is 25.5 Å². The van der Waals surface area contributed by atoms with Gasteiger partial charge in [0.25, 0.3) is 5.91 Å². The van der Waals surface area contributed by atoms with Gasteiger partial charge < -0.3 is 10.4 Å². The lowest BCUT2D eigenvalue weighted by atomic mass is 9.95. The molecule has 1 saturated heterocycles. The molecule has 1 unspecified atom stereocenters. The monoisotopic (exact) mass is 310 g/mol. The number of urea groups is 1. The Bertz CT molecular complexity index is 583. The summed E-state index contributed by atoms with van der Waals surface area (Å²) < 4.78 is 0. The van der Waals surface area contributed by atoms with Crippen LogP contribution < -0.4 is 5.32 Å². The molecule has 114 valence electrons. The number of thiophene rings is 1. The van der Waals surface area contributed by atoms with E-state index in [1.54, 1.807) is 13.0 Å². The van der Waals surface area contributed by atoms with Crippen molar-refractivity contribution in [3.05, 3.63) is 21.9 Å².